The minimum absolute atomic E-state index is 0.0525. The molecule has 292 valence electrons. The molecule has 4 aliphatic carbocycles. The number of aliphatic hydroxyl groups is 2. The number of ether oxygens (including phenoxy) is 1. The average molecular weight is 733 g/mol. The molecule has 53 heavy (non-hydrogen) atoms. The van der Waals surface area contributed by atoms with Gasteiger partial charge in [0, 0.05) is 41.2 Å². The molecule has 4 N–H and O–H groups in total. The lowest BCUT2D eigenvalue weighted by atomic mass is 9.45. The second-order valence-corrected chi connectivity index (χ2v) is 17.5. The summed E-state index contributed by atoms with van der Waals surface area (Å²) in [5.74, 6) is 1.86. The van der Waals surface area contributed by atoms with E-state index in [1.54, 1.807) is 19.1 Å². The number of carbonyl (C=O) groups is 2. The van der Waals surface area contributed by atoms with Crippen molar-refractivity contribution in [3.05, 3.63) is 53.6 Å². The van der Waals surface area contributed by atoms with Crippen LogP contribution in [0.5, 0.6) is 5.75 Å². The number of benzene rings is 2. The summed E-state index contributed by atoms with van der Waals surface area (Å²) >= 11 is 0. The van der Waals surface area contributed by atoms with Gasteiger partial charge >= 0.3 is 0 Å². The van der Waals surface area contributed by atoms with Crippen molar-refractivity contribution in [3.8, 4) is 16.9 Å². The molecule has 1 saturated heterocycles. The van der Waals surface area contributed by atoms with E-state index < -0.39 is 24.2 Å². The highest BCUT2D eigenvalue weighted by Crippen LogP contribution is 2.61. The number of likely N-dealkylation sites (N-methyl/N-ethyl adjacent to an activating group) is 1. The topological polar surface area (TPSA) is 124 Å². The van der Waals surface area contributed by atoms with Gasteiger partial charge in [-0.2, -0.15) is 5.06 Å². The number of amides is 2. The quantitative estimate of drug-likeness (QED) is 0.197. The van der Waals surface area contributed by atoms with Crippen molar-refractivity contribution in [1.82, 2.24) is 20.6 Å². The zero-order chi connectivity index (χ0) is 38.0. The fourth-order valence-corrected chi connectivity index (χ4v) is 10.4. The van der Waals surface area contributed by atoms with Gasteiger partial charge in [-0.15, -0.1) is 0 Å². The molecule has 5 aliphatic rings. The molecule has 0 aromatic heterocycles. The van der Waals surface area contributed by atoms with Crippen molar-refractivity contribution in [2.45, 2.75) is 116 Å². The van der Waals surface area contributed by atoms with Crippen LogP contribution in [0.25, 0.3) is 11.1 Å². The molecule has 1 aliphatic heterocycles. The molecular weight excluding hydrogens is 668 g/mol. The molecule has 0 spiro atoms. The van der Waals surface area contributed by atoms with E-state index in [2.05, 4.69) is 50.4 Å². The van der Waals surface area contributed by atoms with Crippen molar-refractivity contribution in [1.29, 1.82) is 0 Å². The summed E-state index contributed by atoms with van der Waals surface area (Å²) in [5.41, 5.74) is 3.32. The Kier molecular flexibility index (Phi) is 12.6. The predicted molar refractivity (Wildman–Crippen MR) is 207 cm³/mol. The Balaban J connectivity index is 1.21. The maximum atomic E-state index is 14.2. The molecule has 10 nitrogen and oxygen atoms in total. The van der Waals surface area contributed by atoms with E-state index >= 15 is 0 Å². The largest absolute Gasteiger partial charge is 0.496 e. The van der Waals surface area contributed by atoms with Crippen LogP contribution in [0, 0.1) is 35.0 Å². The Bertz CT molecular complexity index is 1570. The van der Waals surface area contributed by atoms with Crippen molar-refractivity contribution < 1.29 is 29.4 Å². The fraction of sp³-hybridized carbons (Fsp3) is 0.674. The predicted octanol–water partition coefficient (Wildman–Crippen LogP) is 5.65. The number of hydrogen-bond acceptors (Lipinski definition) is 8. The van der Waals surface area contributed by atoms with E-state index in [1.165, 1.54) is 38.5 Å². The molecule has 2 aromatic carbocycles. The minimum Gasteiger partial charge on any atom is -0.496 e. The number of para-hydroxylation sites is 1. The van der Waals surface area contributed by atoms with E-state index in [0.29, 0.717) is 40.4 Å². The van der Waals surface area contributed by atoms with Crippen LogP contribution in [0.3, 0.4) is 0 Å². The molecule has 2 aromatic rings. The standard InChI is InChI=1S/C43H64N4O6/c1-26-35-21-32(43(35,3)4)22-36(26)45-42(51)39-38(27(2)49)37(25-48)53-47(39)23-31-17-12-18-34(40(31)52-7)29-15-11-16-30(20-29)41(50)44-33(24-46(5)6)19-28-13-9-8-10-14-28/h11-12,15-18,20,26-28,32-33,35-39,48-49H,8-10,13-14,19,21-25H2,1-7H3,(H,44,50)(H,45,51)/t26-,27-,32+,33+,35-,36+,37-,38+,39-/m0/s1. The van der Waals surface area contributed by atoms with Gasteiger partial charge in [0.05, 0.1) is 26.4 Å². The van der Waals surface area contributed by atoms with Crippen LogP contribution in [0.4, 0.5) is 0 Å². The lowest BCUT2D eigenvalue weighted by Gasteiger charge is -2.62. The fourth-order valence-electron chi connectivity index (χ4n) is 10.4. The number of fused-ring (bicyclic) bond motifs is 2. The van der Waals surface area contributed by atoms with E-state index in [4.69, 9.17) is 9.57 Å². The summed E-state index contributed by atoms with van der Waals surface area (Å²) in [4.78, 5) is 36.3. The van der Waals surface area contributed by atoms with Gasteiger partial charge < -0.3 is 30.5 Å². The molecule has 9 atom stereocenters. The molecule has 0 radical (unpaired) electrons. The van der Waals surface area contributed by atoms with Crippen LogP contribution in [-0.4, -0.2) is 96.7 Å². The summed E-state index contributed by atoms with van der Waals surface area (Å²) in [6.07, 6.45) is 7.85. The Labute approximate surface area is 316 Å². The van der Waals surface area contributed by atoms with Crippen LogP contribution in [0.1, 0.15) is 95.0 Å². The van der Waals surface area contributed by atoms with Gasteiger partial charge in [0.15, 0.2) is 0 Å². The minimum atomic E-state index is -0.883. The molecule has 1 heterocycles. The maximum absolute atomic E-state index is 14.2. The monoisotopic (exact) mass is 732 g/mol. The maximum Gasteiger partial charge on any atom is 0.251 e. The van der Waals surface area contributed by atoms with Gasteiger partial charge in [0.2, 0.25) is 5.91 Å². The Morgan fingerprint density at radius 1 is 1.09 bits per heavy atom. The number of nitrogens with one attached hydrogen (secondary N) is 2. The zero-order valence-corrected chi connectivity index (χ0v) is 33.0. The molecule has 2 amide bonds. The number of methoxy groups -OCH3 is 1. The van der Waals surface area contributed by atoms with Crippen LogP contribution in [-0.2, 0) is 16.2 Å². The molecule has 7 rings (SSSR count). The molecule has 10 heteroatoms. The van der Waals surface area contributed by atoms with E-state index in [-0.39, 0.29) is 37.0 Å². The van der Waals surface area contributed by atoms with E-state index in [1.807, 2.05) is 42.5 Å². The smallest absolute Gasteiger partial charge is 0.251 e. The highest BCUT2D eigenvalue weighted by atomic mass is 16.7. The third kappa shape index (κ3) is 8.47. The van der Waals surface area contributed by atoms with Crippen LogP contribution < -0.4 is 15.4 Å². The van der Waals surface area contributed by atoms with Gasteiger partial charge in [-0.1, -0.05) is 83.2 Å². The van der Waals surface area contributed by atoms with Gasteiger partial charge in [-0.3, -0.25) is 14.4 Å². The molecular formula is C43H64N4O6. The number of hydroxylamine groups is 2. The number of rotatable bonds is 14. The number of hydrogen-bond donors (Lipinski definition) is 4. The number of nitrogens with zero attached hydrogens (tertiary/aromatic N) is 2. The third-order valence-corrected chi connectivity index (χ3v) is 13.4. The average Bonchev–Trinajstić information content (AvgIpc) is 3.51. The normalized spacial score (nSPS) is 29.7. The van der Waals surface area contributed by atoms with Gasteiger partial charge in [-0.05, 0) is 87.1 Å². The first kappa shape index (κ1) is 39.7. The Hall–Kier alpha value is -3.02. The summed E-state index contributed by atoms with van der Waals surface area (Å²) in [6, 6.07) is 12.8. The SMILES string of the molecule is COc1c(CN2O[C@@H](CO)[C@@H]([C@H](C)O)[C@H]2C(=O)N[C@@H]2C[C@H]3C[C@@H]([C@@H]2C)C3(C)C)cccc1-c1cccc(C(=O)N[C@H](CC2CCCCC2)CN(C)C)c1. The summed E-state index contributed by atoms with van der Waals surface area (Å²) in [7, 11) is 5.73. The Morgan fingerprint density at radius 2 is 1.83 bits per heavy atom. The summed E-state index contributed by atoms with van der Waals surface area (Å²) < 4.78 is 6.04. The second kappa shape index (κ2) is 16.8. The van der Waals surface area contributed by atoms with Gasteiger partial charge in [0.25, 0.3) is 5.91 Å². The first-order valence-electron chi connectivity index (χ1n) is 20.1. The summed E-state index contributed by atoms with van der Waals surface area (Å²) in [6.45, 7) is 9.25. The van der Waals surface area contributed by atoms with Crippen LogP contribution in [0.2, 0.25) is 0 Å². The first-order chi connectivity index (χ1) is 25.3. The highest BCUT2D eigenvalue weighted by Gasteiger charge is 2.57. The first-order valence-corrected chi connectivity index (χ1v) is 20.1. The van der Waals surface area contributed by atoms with Crippen LogP contribution >= 0.6 is 0 Å². The van der Waals surface area contributed by atoms with Crippen molar-refractivity contribution in [3.63, 3.8) is 0 Å². The summed E-state index contributed by atoms with van der Waals surface area (Å²) in [5, 5.41) is 29.6. The number of carbonyl (C=O) groups excluding carboxylic acids is 2. The second-order valence-electron chi connectivity index (χ2n) is 17.5. The van der Waals surface area contributed by atoms with E-state index in [0.717, 1.165) is 36.1 Å². The highest BCUT2D eigenvalue weighted by molar-refractivity contribution is 5.96. The van der Waals surface area contributed by atoms with Crippen molar-refractivity contribution in [2.24, 2.45) is 35.0 Å². The van der Waals surface area contributed by atoms with Crippen molar-refractivity contribution >= 4 is 11.8 Å². The third-order valence-electron chi connectivity index (χ3n) is 13.4. The Morgan fingerprint density at radius 3 is 2.47 bits per heavy atom. The molecule has 0 unspecified atom stereocenters. The van der Waals surface area contributed by atoms with Gasteiger partial charge in [0.1, 0.15) is 17.9 Å². The molecule has 5 fully saturated rings. The zero-order valence-electron chi connectivity index (χ0n) is 33.0. The molecule has 2 bridgehead atoms. The molecule has 4 saturated carbocycles. The van der Waals surface area contributed by atoms with Gasteiger partial charge in [-0.25, -0.2) is 0 Å². The number of aliphatic hydroxyl groups excluding tert-OH is 2. The lowest BCUT2D eigenvalue weighted by Crippen LogP contribution is -2.62. The van der Waals surface area contributed by atoms with E-state index in [9.17, 15) is 19.8 Å². The van der Waals surface area contributed by atoms with Crippen molar-refractivity contribution in [2.75, 3.05) is 34.4 Å². The lowest BCUT2D eigenvalue weighted by molar-refractivity contribution is -0.183. The van der Waals surface area contributed by atoms with Crippen LogP contribution in [0.15, 0.2) is 42.5 Å².